The first-order valence-electron chi connectivity index (χ1n) is 17.0. The Morgan fingerprint density at radius 1 is 0.375 bits per heavy atom. The Kier molecular flexibility index (Phi) is 11.3. The minimum absolute atomic E-state index is 0.252. The smallest absolute Gasteiger partial charge is 0.122 e. The van der Waals surface area contributed by atoms with Gasteiger partial charge in [0, 0.05) is 12.8 Å². The zero-order valence-corrected chi connectivity index (χ0v) is 28.0. The van der Waals surface area contributed by atoms with Crippen LogP contribution >= 0.6 is 0 Å². The molecule has 0 atom stereocenters. The molecule has 4 aromatic carbocycles. The van der Waals surface area contributed by atoms with Crippen molar-refractivity contribution in [1.82, 2.24) is 0 Å². The maximum atomic E-state index is 11.6. The van der Waals surface area contributed by atoms with Crippen molar-refractivity contribution in [3.05, 3.63) is 166 Å². The molecule has 4 aromatic rings. The summed E-state index contributed by atoms with van der Waals surface area (Å²) >= 11 is 0. The van der Waals surface area contributed by atoms with Crippen LogP contribution in [0.15, 0.2) is 99.2 Å². The lowest BCUT2D eigenvalue weighted by Gasteiger charge is -2.18. The van der Waals surface area contributed by atoms with E-state index in [0.717, 1.165) is 66.8 Å². The normalized spacial score (nSPS) is 13.3. The van der Waals surface area contributed by atoms with Crippen molar-refractivity contribution in [3.8, 4) is 23.0 Å². The Labute approximate surface area is 285 Å². The lowest BCUT2D eigenvalue weighted by molar-refractivity contribution is 0.451. The lowest BCUT2D eigenvalue weighted by Crippen LogP contribution is -2.03. The Bertz CT molecular complexity index is 1580. The molecule has 48 heavy (non-hydrogen) atoms. The Morgan fingerprint density at radius 2 is 0.583 bits per heavy atom. The van der Waals surface area contributed by atoms with Gasteiger partial charge in [-0.05, 0) is 131 Å². The summed E-state index contributed by atoms with van der Waals surface area (Å²) in [5.74, 6) is 1.01. The molecule has 0 fully saturated rings. The van der Waals surface area contributed by atoms with Crippen LogP contribution in [0.4, 0.5) is 0 Å². The molecule has 4 nitrogen and oxygen atoms in total. The first-order valence-corrected chi connectivity index (χ1v) is 17.0. The average Bonchev–Trinajstić information content (AvgIpc) is 3.05. The highest BCUT2D eigenvalue weighted by atomic mass is 16.3. The summed E-state index contributed by atoms with van der Waals surface area (Å²) in [5.41, 5.74) is 10.7. The summed E-state index contributed by atoms with van der Waals surface area (Å²) in [4.78, 5) is 0. The number of allylic oxidation sites excluding steroid dienone is 4. The monoisotopic (exact) mass is 640 g/mol. The van der Waals surface area contributed by atoms with Gasteiger partial charge in [0.25, 0.3) is 0 Å². The van der Waals surface area contributed by atoms with Gasteiger partial charge in [0.05, 0.1) is 0 Å². The summed E-state index contributed by atoms with van der Waals surface area (Å²) in [6.45, 7) is 15.7. The van der Waals surface area contributed by atoms with E-state index >= 15 is 0 Å². The molecule has 1 aliphatic carbocycles. The number of fused-ring (bicyclic) bond motifs is 8. The number of hydrogen-bond donors (Lipinski definition) is 4. The maximum absolute atomic E-state index is 11.6. The van der Waals surface area contributed by atoms with Crippen LogP contribution in [0.3, 0.4) is 0 Å². The molecular weight excluding hydrogens is 592 g/mol. The van der Waals surface area contributed by atoms with E-state index in [1.165, 1.54) is 0 Å². The zero-order chi connectivity index (χ0) is 34.2. The molecule has 8 bridgehead atoms. The standard InChI is InChI=1S/C44H48O4/c1-5-11-29-19-33-15-9-16-34-21-31(13-7-3)25-39(43(34)47)28-40-26-32(14-8-4)22-36(44(40)48)18-10-17-35-20-30(12-6-2)24-38(42(35)46)27-37(23-29)41(33)45/h5-8,19-26,45-48H,1-4,9-18,27-28H2. The van der Waals surface area contributed by atoms with Crippen LogP contribution in [0.25, 0.3) is 0 Å². The van der Waals surface area contributed by atoms with Gasteiger partial charge in [-0.2, -0.15) is 0 Å². The summed E-state index contributed by atoms with van der Waals surface area (Å²) < 4.78 is 0. The van der Waals surface area contributed by atoms with Gasteiger partial charge in [-0.25, -0.2) is 0 Å². The van der Waals surface area contributed by atoms with Crippen molar-refractivity contribution in [2.75, 3.05) is 0 Å². The fourth-order valence-electron chi connectivity index (χ4n) is 7.12. The molecular formula is C44H48O4. The van der Waals surface area contributed by atoms with Gasteiger partial charge in [0.15, 0.2) is 0 Å². The van der Waals surface area contributed by atoms with Gasteiger partial charge in [-0.3, -0.25) is 0 Å². The van der Waals surface area contributed by atoms with Crippen LogP contribution in [-0.4, -0.2) is 20.4 Å². The summed E-state index contributed by atoms with van der Waals surface area (Å²) in [5, 5.41) is 46.2. The van der Waals surface area contributed by atoms with E-state index in [4.69, 9.17) is 0 Å². The zero-order valence-electron chi connectivity index (χ0n) is 28.0. The first-order chi connectivity index (χ1) is 23.2. The van der Waals surface area contributed by atoms with E-state index in [1.807, 2.05) is 72.8 Å². The van der Waals surface area contributed by atoms with Gasteiger partial charge in [0.1, 0.15) is 23.0 Å². The molecule has 0 unspecified atom stereocenters. The number of aryl methyl sites for hydroxylation is 4. The van der Waals surface area contributed by atoms with E-state index in [9.17, 15) is 20.4 Å². The van der Waals surface area contributed by atoms with Crippen LogP contribution in [0.5, 0.6) is 23.0 Å². The summed E-state index contributed by atoms with van der Waals surface area (Å²) in [6, 6.07) is 16.2. The van der Waals surface area contributed by atoms with Gasteiger partial charge < -0.3 is 20.4 Å². The van der Waals surface area contributed by atoms with Crippen molar-refractivity contribution >= 4 is 0 Å². The van der Waals surface area contributed by atoms with E-state index in [1.54, 1.807) is 0 Å². The minimum atomic E-state index is 0.252. The number of phenolic OH excluding ortho intramolecular Hbond substituents is 4. The van der Waals surface area contributed by atoms with Crippen LogP contribution in [0, 0.1) is 0 Å². The molecule has 0 aromatic heterocycles. The van der Waals surface area contributed by atoms with Gasteiger partial charge >= 0.3 is 0 Å². The molecule has 0 amide bonds. The van der Waals surface area contributed by atoms with Gasteiger partial charge in [-0.15, -0.1) is 26.3 Å². The second-order valence-corrected chi connectivity index (χ2v) is 13.1. The molecule has 4 heteroatoms. The van der Waals surface area contributed by atoms with Crippen molar-refractivity contribution in [2.24, 2.45) is 0 Å². The van der Waals surface area contributed by atoms with Gasteiger partial charge in [0.2, 0.25) is 0 Å². The van der Waals surface area contributed by atoms with Crippen LogP contribution in [0.1, 0.15) is 79.6 Å². The Morgan fingerprint density at radius 3 is 0.792 bits per heavy atom. The molecule has 4 N–H and O–H groups in total. The predicted molar refractivity (Wildman–Crippen MR) is 198 cm³/mol. The molecule has 5 rings (SSSR count). The number of aromatic hydroxyl groups is 4. The van der Waals surface area contributed by atoms with Gasteiger partial charge in [-0.1, -0.05) is 72.8 Å². The number of benzene rings is 4. The molecule has 0 saturated heterocycles. The third-order valence-electron chi connectivity index (χ3n) is 9.38. The highest BCUT2D eigenvalue weighted by Crippen LogP contribution is 2.37. The maximum Gasteiger partial charge on any atom is 0.122 e. The van der Waals surface area contributed by atoms with E-state index in [2.05, 4.69) is 26.3 Å². The topological polar surface area (TPSA) is 80.9 Å². The van der Waals surface area contributed by atoms with Crippen molar-refractivity contribution in [2.45, 2.75) is 77.0 Å². The number of hydrogen-bond acceptors (Lipinski definition) is 4. The molecule has 0 radical (unpaired) electrons. The van der Waals surface area contributed by atoms with Crippen LogP contribution in [-0.2, 0) is 64.2 Å². The van der Waals surface area contributed by atoms with Crippen molar-refractivity contribution < 1.29 is 20.4 Å². The molecule has 1 aliphatic rings. The van der Waals surface area contributed by atoms with E-state index in [-0.39, 0.29) is 23.0 Å². The van der Waals surface area contributed by atoms with Crippen molar-refractivity contribution in [3.63, 3.8) is 0 Å². The summed E-state index contributed by atoms with van der Waals surface area (Å²) in [6.07, 6.45) is 14.8. The minimum Gasteiger partial charge on any atom is -0.507 e. The van der Waals surface area contributed by atoms with Crippen molar-refractivity contribution in [1.29, 1.82) is 0 Å². The second-order valence-electron chi connectivity index (χ2n) is 13.1. The molecule has 0 saturated carbocycles. The summed E-state index contributed by atoms with van der Waals surface area (Å²) in [7, 11) is 0. The quantitative estimate of drug-likeness (QED) is 0.145. The third kappa shape index (κ3) is 7.94. The molecule has 0 aliphatic heterocycles. The highest BCUT2D eigenvalue weighted by Gasteiger charge is 2.19. The predicted octanol–water partition coefficient (Wildman–Crippen LogP) is 9.27. The second kappa shape index (κ2) is 15.8. The number of phenols is 4. The third-order valence-corrected chi connectivity index (χ3v) is 9.38. The largest absolute Gasteiger partial charge is 0.507 e. The fourth-order valence-corrected chi connectivity index (χ4v) is 7.12. The SMILES string of the molecule is C=CCc1cc2c(O)c(c1)Cc1cc(CC=C)cc(c1O)CCCc1cc(CC=C)cc(c1O)Cc1cc(CC=C)cc(c1O)CCC2. The Balaban J connectivity index is 1.64. The average molecular weight is 641 g/mol. The molecule has 248 valence electrons. The first kappa shape index (κ1) is 34.4. The molecule has 0 heterocycles. The highest BCUT2D eigenvalue weighted by molar-refractivity contribution is 5.53. The number of rotatable bonds is 8. The lowest BCUT2D eigenvalue weighted by atomic mass is 9.89. The van der Waals surface area contributed by atoms with E-state index < -0.39 is 0 Å². The Hall–Kier alpha value is -4.96. The van der Waals surface area contributed by atoms with E-state index in [0.29, 0.717) is 77.0 Å². The molecule has 0 spiro atoms. The fraction of sp³-hybridized carbons (Fsp3) is 0.273. The van der Waals surface area contributed by atoms with Crippen LogP contribution in [0.2, 0.25) is 0 Å². The van der Waals surface area contributed by atoms with Crippen LogP contribution < -0.4 is 0 Å².